The fourth-order valence-electron chi connectivity index (χ4n) is 2.32. The summed E-state index contributed by atoms with van der Waals surface area (Å²) in [6.07, 6.45) is 0. The lowest BCUT2D eigenvalue weighted by atomic mass is 10.0. The van der Waals surface area contributed by atoms with Crippen molar-refractivity contribution >= 4 is 21.4 Å². The predicted molar refractivity (Wildman–Crippen MR) is 80.0 cm³/mol. The third kappa shape index (κ3) is 3.42. The quantitative estimate of drug-likeness (QED) is 0.834. The Bertz CT molecular complexity index is 615. The fourth-order valence-corrected chi connectivity index (χ4v) is 3.37. The van der Waals surface area contributed by atoms with E-state index < -0.39 is 9.84 Å². The summed E-state index contributed by atoms with van der Waals surface area (Å²) < 4.78 is 29.4. The lowest BCUT2D eigenvalue weighted by Crippen LogP contribution is -2.39. The average molecular weight is 312 g/mol. The molecule has 1 aliphatic rings. The van der Waals surface area contributed by atoms with Crippen LogP contribution in [0.1, 0.15) is 6.92 Å². The Morgan fingerprint density at radius 1 is 1.33 bits per heavy atom. The summed E-state index contributed by atoms with van der Waals surface area (Å²) in [6, 6.07) is 6.40. The Balaban J connectivity index is 2.22. The van der Waals surface area contributed by atoms with E-state index in [0.717, 1.165) is 0 Å². The maximum Gasteiger partial charge on any atom is 0.231 e. The van der Waals surface area contributed by atoms with Gasteiger partial charge < -0.3 is 15.4 Å². The van der Waals surface area contributed by atoms with Crippen molar-refractivity contribution in [3.63, 3.8) is 0 Å². The highest BCUT2D eigenvalue weighted by Gasteiger charge is 2.33. The lowest BCUT2D eigenvalue weighted by molar-refractivity contribution is -0.120. The number of likely N-dealkylation sites (N-methyl/N-ethyl adjacent to an activating group) is 1. The van der Waals surface area contributed by atoms with Crippen LogP contribution in [0.2, 0.25) is 0 Å². The van der Waals surface area contributed by atoms with Crippen LogP contribution in [-0.4, -0.2) is 46.4 Å². The number of nitrogens with one attached hydrogen (secondary N) is 2. The lowest BCUT2D eigenvalue weighted by Gasteiger charge is -2.17. The van der Waals surface area contributed by atoms with Crippen LogP contribution >= 0.6 is 0 Å². The van der Waals surface area contributed by atoms with E-state index in [1.165, 1.54) is 6.07 Å². The molecule has 7 heteroatoms. The zero-order valence-corrected chi connectivity index (χ0v) is 12.9. The highest BCUT2D eigenvalue weighted by Crippen LogP contribution is 2.24. The summed E-state index contributed by atoms with van der Waals surface area (Å²) in [5, 5.41) is 5.75. The van der Waals surface area contributed by atoms with E-state index in [4.69, 9.17) is 4.74 Å². The molecule has 21 heavy (non-hydrogen) atoms. The topological polar surface area (TPSA) is 84.5 Å². The van der Waals surface area contributed by atoms with Crippen LogP contribution in [0.3, 0.4) is 0 Å². The van der Waals surface area contributed by atoms with Gasteiger partial charge in [0.25, 0.3) is 0 Å². The predicted octanol–water partition coefficient (Wildman–Crippen LogP) is 0.653. The van der Waals surface area contributed by atoms with Gasteiger partial charge in [-0.2, -0.15) is 0 Å². The van der Waals surface area contributed by atoms with Crippen LogP contribution in [-0.2, 0) is 19.4 Å². The molecule has 1 fully saturated rings. The molecule has 116 valence electrons. The van der Waals surface area contributed by atoms with Crippen molar-refractivity contribution in [2.24, 2.45) is 5.92 Å². The second kappa shape index (κ2) is 6.55. The van der Waals surface area contributed by atoms with Crippen molar-refractivity contribution in [1.82, 2.24) is 5.32 Å². The normalized spacial score (nSPS) is 22.2. The minimum Gasteiger partial charge on any atom is -0.379 e. The van der Waals surface area contributed by atoms with Crippen LogP contribution in [0.25, 0.3) is 0 Å². The first-order valence-corrected chi connectivity index (χ1v) is 8.52. The van der Waals surface area contributed by atoms with Crippen molar-refractivity contribution in [2.45, 2.75) is 17.9 Å². The van der Waals surface area contributed by atoms with Crippen LogP contribution in [0, 0.1) is 5.92 Å². The van der Waals surface area contributed by atoms with E-state index in [-0.39, 0.29) is 28.5 Å². The van der Waals surface area contributed by atoms with E-state index in [1.54, 1.807) is 32.2 Å². The molecule has 2 rings (SSSR count). The first-order valence-electron chi connectivity index (χ1n) is 6.87. The van der Waals surface area contributed by atoms with Gasteiger partial charge in [-0.3, -0.25) is 4.79 Å². The summed E-state index contributed by atoms with van der Waals surface area (Å²) >= 11 is 0. The van der Waals surface area contributed by atoms with Gasteiger partial charge in [-0.05, 0) is 19.2 Å². The number of carbonyl (C=O) groups is 1. The molecule has 0 bridgehead atoms. The van der Waals surface area contributed by atoms with Gasteiger partial charge in [0.05, 0.1) is 35.5 Å². The molecule has 1 amide bonds. The van der Waals surface area contributed by atoms with Gasteiger partial charge in [-0.15, -0.1) is 0 Å². The highest BCUT2D eigenvalue weighted by molar-refractivity contribution is 7.91. The van der Waals surface area contributed by atoms with Gasteiger partial charge in [0.15, 0.2) is 9.84 Å². The smallest absolute Gasteiger partial charge is 0.231 e. The molecule has 2 unspecified atom stereocenters. The molecule has 2 atom stereocenters. The minimum absolute atomic E-state index is 0.00837. The molecule has 1 saturated heterocycles. The van der Waals surface area contributed by atoms with E-state index in [0.29, 0.717) is 18.9 Å². The number of carbonyl (C=O) groups excluding carboxylic acids is 1. The van der Waals surface area contributed by atoms with Gasteiger partial charge in [-0.25, -0.2) is 8.42 Å². The fraction of sp³-hybridized carbons (Fsp3) is 0.500. The summed E-state index contributed by atoms with van der Waals surface area (Å²) in [7, 11) is -1.61. The van der Waals surface area contributed by atoms with Crippen LogP contribution in [0.15, 0.2) is 29.2 Å². The average Bonchev–Trinajstić information content (AvgIpc) is 2.96. The Labute approximate surface area is 124 Å². The Morgan fingerprint density at radius 3 is 2.71 bits per heavy atom. The summed E-state index contributed by atoms with van der Waals surface area (Å²) in [4.78, 5) is 12.5. The van der Waals surface area contributed by atoms with Gasteiger partial charge in [-0.1, -0.05) is 19.1 Å². The number of ether oxygens (including phenoxy) is 1. The van der Waals surface area contributed by atoms with Crippen molar-refractivity contribution in [3.05, 3.63) is 24.3 Å². The molecule has 0 saturated carbocycles. The highest BCUT2D eigenvalue weighted by atomic mass is 32.2. The maximum atomic E-state index is 12.3. The molecule has 2 N–H and O–H groups in total. The van der Waals surface area contributed by atoms with Crippen molar-refractivity contribution < 1.29 is 17.9 Å². The third-order valence-electron chi connectivity index (χ3n) is 3.65. The van der Waals surface area contributed by atoms with E-state index in [2.05, 4.69) is 10.6 Å². The van der Waals surface area contributed by atoms with E-state index >= 15 is 0 Å². The number of hydrogen-bond acceptors (Lipinski definition) is 5. The molecule has 0 aromatic heterocycles. The Kier molecular flexibility index (Phi) is 4.97. The zero-order chi connectivity index (χ0) is 15.5. The second-order valence-corrected chi connectivity index (χ2v) is 7.17. The molecular formula is C14H20N2O4S. The molecule has 1 aromatic rings. The first kappa shape index (κ1) is 15.9. The van der Waals surface area contributed by atoms with Crippen LogP contribution in [0.5, 0.6) is 0 Å². The van der Waals surface area contributed by atoms with Gasteiger partial charge >= 0.3 is 0 Å². The number of rotatable bonds is 5. The number of amides is 1. The van der Waals surface area contributed by atoms with Gasteiger partial charge in [0.2, 0.25) is 5.91 Å². The van der Waals surface area contributed by atoms with Gasteiger partial charge in [0, 0.05) is 6.04 Å². The van der Waals surface area contributed by atoms with Crippen molar-refractivity contribution in [2.75, 3.05) is 31.3 Å². The SMILES string of the molecule is CCS(=O)(=O)c1ccccc1NC(=O)C1COCC1NC. The molecule has 0 spiro atoms. The van der Waals surface area contributed by atoms with Crippen LogP contribution in [0.4, 0.5) is 5.69 Å². The van der Waals surface area contributed by atoms with Crippen molar-refractivity contribution in [3.8, 4) is 0 Å². The maximum absolute atomic E-state index is 12.3. The summed E-state index contributed by atoms with van der Waals surface area (Å²) in [6.45, 7) is 2.39. The van der Waals surface area contributed by atoms with E-state index in [1.807, 2.05) is 0 Å². The standard InChI is InChI=1S/C14H20N2O4S/c1-3-21(18,19)13-7-5-4-6-11(13)16-14(17)10-8-20-9-12(10)15-2/h4-7,10,12,15H,3,8-9H2,1-2H3,(H,16,17). The first-order chi connectivity index (χ1) is 9.99. The zero-order valence-electron chi connectivity index (χ0n) is 12.1. The monoisotopic (exact) mass is 312 g/mol. The molecule has 1 heterocycles. The van der Waals surface area contributed by atoms with E-state index in [9.17, 15) is 13.2 Å². The number of benzene rings is 1. The summed E-state index contributed by atoms with van der Waals surface area (Å²) in [5.41, 5.74) is 0.325. The number of anilines is 1. The molecule has 0 radical (unpaired) electrons. The molecule has 1 aliphatic heterocycles. The van der Waals surface area contributed by atoms with Crippen molar-refractivity contribution in [1.29, 1.82) is 0 Å². The Morgan fingerprint density at radius 2 is 2.05 bits per heavy atom. The second-order valence-electron chi connectivity index (χ2n) is 4.93. The number of hydrogen-bond donors (Lipinski definition) is 2. The number of para-hydroxylation sites is 1. The van der Waals surface area contributed by atoms with Crippen LogP contribution < -0.4 is 10.6 Å². The Hall–Kier alpha value is -1.44. The molecule has 0 aliphatic carbocycles. The third-order valence-corrected chi connectivity index (χ3v) is 5.43. The molecule has 6 nitrogen and oxygen atoms in total. The minimum atomic E-state index is -3.38. The molecular weight excluding hydrogens is 292 g/mol. The summed E-state index contributed by atoms with van der Waals surface area (Å²) in [5.74, 6) is -0.566. The van der Waals surface area contributed by atoms with Gasteiger partial charge in [0.1, 0.15) is 0 Å². The number of sulfone groups is 1. The molecule has 1 aromatic carbocycles. The largest absolute Gasteiger partial charge is 0.379 e.